The van der Waals surface area contributed by atoms with Crippen LogP contribution >= 0.6 is 15.9 Å². The fourth-order valence-corrected chi connectivity index (χ4v) is 3.50. The van der Waals surface area contributed by atoms with E-state index in [2.05, 4.69) is 26.2 Å². The maximum Gasteiger partial charge on any atom is 0.261 e. The fraction of sp³-hybridized carbons (Fsp3) is 0.318. The van der Waals surface area contributed by atoms with E-state index in [0.29, 0.717) is 29.0 Å². The molecule has 0 spiro atoms. The molecule has 1 heterocycles. The van der Waals surface area contributed by atoms with Crippen LogP contribution in [0.3, 0.4) is 0 Å². The average Bonchev–Trinajstić information content (AvgIpc) is 2.74. The predicted molar refractivity (Wildman–Crippen MR) is 119 cm³/mol. The van der Waals surface area contributed by atoms with Crippen molar-refractivity contribution < 1.29 is 14.3 Å². The first-order valence-electron chi connectivity index (χ1n) is 9.67. The van der Waals surface area contributed by atoms with Gasteiger partial charge in [-0.1, -0.05) is 22.0 Å². The van der Waals surface area contributed by atoms with Crippen LogP contribution in [-0.4, -0.2) is 29.2 Å². The molecule has 0 aliphatic rings. The van der Waals surface area contributed by atoms with Gasteiger partial charge in [0.05, 0.1) is 37.0 Å². The van der Waals surface area contributed by atoms with Crippen molar-refractivity contribution in [1.29, 1.82) is 0 Å². The standard InChI is InChI=1S/C22H24BrN3O4/c1-4-30-19-8-5-15(11-20(19)29-3)14(2)25-21(27)9-10-26-13-24-18-7-6-16(23)12-17(18)22(26)28/h5-8,11-14H,4,9-10H2,1-3H3,(H,25,27). The van der Waals surface area contributed by atoms with E-state index in [-0.39, 0.29) is 30.5 Å². The highest BCUT2D eigenvalue weighted by atomic mass is 79.9. The average molecular weight is 474 g/mol. The molecule has 1 aromatic heterocycles. The van der Waals surface area contributed by atoms with Crippen LogP contribution in [0.15, 0.2) is 52.0 Å². The molecule has 30 heavy (non-hydrogen) atoms. The first kappa shape index (κ1) is 21.8. The number of hydrogen-bond donors (Lipinski definition) is 1. The molecule has 0 fully saturated rings. The number of halogens is 1. The normalized spacial score (nSPS) is 11.9. The number of aryl methyl sites for hydroxylation is 1. The molecule has 0 aliphatic heterocycles. The highest BCUT2D eigenvalue weighted by Gasteiger charge is 2.14. The van der Waals surface area contributed by atoms with Crippen molar-refractivity contribution in [1.82, 2.24) is 14.9 Å². The van der Waals surface area contributed by atoms with Gasteiger partial charge in [0.1, 0.15) is 0 Å². The van der Waals surface area contributed by atoms with Crippen LogP contribution in [0.25, 0.3) is 10.9 Å². The lowest BCUT2D eigenvalue weighted by molar-refractivity contribution is -0.121. The van der Waals surface area contributed by atoms with Crippen molar-refractivity contribution in [2.24, 2.45) is 0 Å². The second-order valence-electron chi connectivity index (χ2n) is 6.79. The third-order valence-electron chi connectivity index (χ3n) is 4.73. The molecule has 0 aliphatic carbocycles. The third kappa shape index (κ3) is 4.99. The van der Waals surface area contributed by atoms with Crippen molar-refractivity contribution in [2.45, 2.75) is 32.9 Å². The van der Waals surface area contributed by atoms with Crippen molar-refractivity contribution in [3.05, 3.63) is 63.1 Å². The first-order valence-corrected chi connectivity index (χ1v) is 10.5. The van der Waals surface area contributed by atoms with Gasteiger partial charge in [-0.25, -0.2) is 4.98 Å². The van der Waals surface area contributed by atoms with E-state index in [9.17, 15) is 9.59 Å². The Bertz CT molecular complexity index is 1110. The summed E-state index contributed by atoms with van der Waals surface area (Å²) in [5.74, 6) is 1.13. The van der Waals surface area contributed by atoms with Gasteiger partial charge in [0.2, 0.25) is 5.91 Å². The van der Waals surface area contributed by atoms with E-state index in [1.54, 1.807) is 19.2 Å². The highest BCUT2D eigenvalue weighted by Crippen LogP contribution is 2.30. The molecular formula is C22H24BrN3O4. The summed E-state index contributed by atoms with van der Waals surface area (Å²) in [5, 5.41) is 3.47. The smallest absolute Gasteiger partial charge is 0.261 e. The number of amides is 1. The number of aromatic nitrogens is 2. The number of nitrogens with one attached hydrogen (secondary N) is 1. The van der Waals surface area contributed by atoms with Gasteiger partial charge in [0, 0.05) is 17.4 Å². The minimum absolute atomic E-state index is 0.156. The number of carbonyl (C=O) groups is 1. The van der Waals surface area contributed by atoms with Crippen LogP contribution in [0.1, 0.15) is 31.9 Å². The number of benzene rings is 2. The lowest BCUT2D eigenvalue weighted by Crippen LogP contribution is -2.29. The van der Waals surface area contributed by atoms with Crippen LogP contribution in [0.2, 0.25) is 0 Å². The van der Waals surface area contributed by atoms with Crippen molar-refractivity contribution in [3.8, 4) is 11.5 Å². The number of methoxy groups -OCH3 is 1. The molecule has 8 heteroatoms. The molecular weight excluding hydrogens is 450 g/mol. The maximum atomic E-state index is 12.6. The van der Waals surface area contributed by atoms with Crippen molar-refractivity contribution in [3.63, 3.8) is 0 Å². The lowest BCUT2D eigenvalue weighted by atomic mass is 10.1. The van der Waals surface area contributed by atoms with Gasteiger partial charge < -0.3 is 14.8 Å². The predicted octanol–water partition coefficient (Wildman–Crippen LogP) is 3.83. The molecule has 3 rings (SSSR count). The van der Waals surface area contributed by atoms with Gasteiger partial charge >= 0.3 is 0 Å². The van der Waals surface area contributed by atoms with Crippen LogP contribution in [-0.2, 0) is 11.3 Å². The quantitative estimate of drug-likeness (QED) is 0.537. The van der Waals surface area contributed by atoms with Crippen molar-refractivity contribution in [2.75, 3.05) is 13.7 Å². The van der Waals surface area contributed by atoms with E-state index >= 15 is 0 Å². The lowest BCUT2D eigenvalue weighted by Gasteiger charge is -2.17. The minimum Gasteiger partial charge on any atom is -0.493 e. The van der Waals surface area contributed by atoms with Gasteiger partial charge in [-0.15, -0.1) is 0 Å². The Kier molecular flexibility index (Phi) is 7.10. The van der Waals surface area contributed by atoms with E-state index < -0.39 is 0 Å². The fourth-order valence-electron chi connectivity index (χ4n) is 3.14. The van der Waals surface area contributed by atoms with Gasteiger partial charge in [0.25, 0.3) is 5.56 Å². The van der Waals surface area contributed by atoms with Crippen LogP contribution in [0.5, 0.6) is 11.5 Å². The number of carbonyl (C=O) groups excluding carboxylic acids is 1. The van der Waals surface area contributed by atoms with Crippen LogP contribution in [0, 0.1) is 0 Å². The zero-order chi connectivity index (χ0) is 21.7. The summed E-state index contributed by atoms with van der Waals surface area (Å²) in [4.78, 5) is 29.4. The van der Waals surface area contributed by atoms with Crippen LogP contribution in [0.4, 0.5) is 0 Å². The second-order valence-corrected chi connectivity index (χ2v) is 7.70. The monoisotopic (exact) mass is 473 g/mol. The van der Waals surface area contributed by atoms with Gasteiger partial charge in [0.15, 0.2) is 11.5 Å². The topological polar surface area (TPSA) is 82.5 Å². The van der Waals surface area contributed by atoms with E-state index in [0.717, 1.165) is 10.0 Å². The Morgan fingerprint density at radius 2 is 2.03 bits per heavy atom. The zero-order valence-electron chi connectivity index (χ0n) is 17.1. The summed E-state index contributed by atoms with van der Waals surface area (Å²) in [7, 11) is 1.58. The Hall–Kier alpha value is -2.87. The van der Waals surface area contributed by atoms with Crippen molar-refractivity contribution >= 4 is 32.7 Å². The maximum absolute atomic E-state index is 12.6. The molecule has 0 saturated carbocycles. The molecule has 0 saturated heterocycles. The van der Waals surface area contributed by atoms with E-state index in [4.69, 9.17) is 9.47 Å². The molecule has 0 bridgehead atoms. The summed E-state index contributed by atoms with van der Waals surface area (Å²) < 4.78 is 13.2. The number of nitrogens with zero attached hydrogens (tertiary/aromatic N) is 2. The number of rotatable bonds is 8. The molecule has 2 aromatic carbocycles. The summed E-state index contributed by atoms with van der Waals surface area (Å²) in [6.07, 6.45) is 1.65. The Morgan fingerprint density at radius 1 is 1.23 bits per heavy atom. The second kappa shape index (κ2) is 9.75. The first-order chi connectivity index (χ1) is 14.4. The Morgan fingerprint density at radius 3 is 2.77 bits per heavy atom. The van der Waals surface area contributed by atoms with Gasteiger partial charge in [-0.2, -0.15) is 0 Å². The Labute approximate surface area is 183 Å². The molecule has 1 atom stereocenters. The van der Waals surface area contributed by atoms with Gasteiger partial charge in [-0.3, -0.25) is 14.2 Å². The molecule has 158 valence electrons. The summed E-state index contributed by atoms with van der Waals surface area (Å²) >= 11 is 3.37. The number of ether oxygens (including phenoxy) is 2. The summed E-state index contributed by atoms with van der Waals surface area (Å²) in [6.45, 7) is 4.60. The Balaban J connectivity index is 1.65. The minimum atomic E-state index is -0.218. The van der Waals surface area contributed by atoms with E-state index in [1.807, 2.05) is 38.1 Å². The largest absolute Gasteiger partial charge is 0.493 e. The molecule has 0 radical (unpaired) electrons. The molecule has 1 amide bonds. The third-order valence-corrected chi connectivity index (χ3v) is 5.22. The number of hydrogen-bond acceptors (Lipinski definition) is 5. The zero-order valence-corrected chi connectivity index (χ0v) is 18.7. The summed E-state index contributed by atoms with van der Waals surface area (Å²) in [6, 6.07) is 10.7. The van der Waals surface area contributed by atoms with Gasteiger partial charge in [-0.05, 0) is 49.7 Å². The van der Waals surface area contributed by atoms with Crippen LogP contribution < -0.4 is 20.3 Å². The van der Waals surface area contributed by atoms with E-state index in [1.165, 1.54) is 10.9 Å². The SMILES string of the molecule is CCOc1ccc(C(C)NC(=O)CCn2cnc3ccc(Br)cc3c2=O)cc1OC. The molecule has 3 aromatic rings. The summed E-state index contributed by atoms with van der Waals surface area (Å²) in [5.41, 5.74) is 1.36. The number of fused-ring (bicyclic) bond motifs is 1. The molecule has 1 N–H and O–H groups in total. The molecule has 7 nitrogen and oxygen atoms in total. The highest BCUT2D eigenvalue weighted by molar-refractivity contribution is 9.10. The molecule has 1 unspecified atom stereocenters.